The lowest BCUT2D eigenvalue weighted by atomic mass is 10.1. The Labute approximate surface area is 183 Å². The zero-order valence-corrected chi connectivity index (χ0v) is 19.2. The third kappa shape index (κ3) is 8.90. The number of benzene rings is 1. The van der Waals surface area contributed by atoms with Crippen LogP contribution in [0.4, 0.5) is 0 Å². The first-order chi connectivity index (χ1) is 14.0. The van der Waals surface area contributed by atoms with Crippen LogP contribution in [0.25, 0.3) is 16.5 Å². The molecule has 0 amide bonds. The molecule has 0 radical (unpaired) electrons. The molecule has 0 saturated carbocycles. The van der Waals surface area contributed by atoms with Crippen molar-refractivity contribution in [1.82, 2.24) is 5.32 Å². The van der Waals surface area contributed by atoms with Gasteiger partial charge in [0.25, 0.3) is 6.47 Å². The molecule has 1 unspecified atom stereocenters. The third-order valence-corrected chi connectivity index (χ3v) is 5.89. The molecule has 0 bridgehead atoms. The first kappa shape index (κ1) is 25.0. The van der Waals surface area contributed by atoms with E-state index in [2.05, 4.69) is 68.2 Å². The van der Waals surface area contributed by atoms with Crippen LogP contribution in [0.1, 0.15) is 44.6 Å². The molecule has 0 fully saturated rings. The fourth-order valence-corrected chi connectivity index (χ4v) is 3.92. The minimum Gasteiger partial charge on any atom is -0.494 e. The summed E-state index contributed by atoms with van der Waals surface area (Å²) in [6.45, 7) is 9.70. The summed E-state index contributed by atoms with van der Waals surface area (Å²) < 4.78 is 5.63. The average Bonchev–Trinajstić information content (AvgIpc) is 3.08. The number of carboxylic acid groups (broad SMARTS) is 1. The van der Waals surface area contributed by atoms with Gasteiger partial charge in [-0.2, -0.15) is 0 Å². The van der Waals surface area contributed by atoms with Crippen molar-refractivity contribution >= 4 is 36.5 Å². The SMILES string of the molecule is C/C=C\C(=C/c1ccc(-c2cc(S)c(CNC(C)CC)s2)cc1)OCC.O=CO. The highest BCUT2D eigenvalue weighted by Gasteiger charge is 2.09. The summed E-state index contributed by atoms with van der Waals surface area (Å²) in [4.78, 5) is 12.0. The van der Waals surface area contributed by atoms with E-state index in [4.69, 9.17) is 14.6 Å². The lowest BCUT2D eigenvalue weighted by Crippen LogP contribution is -2.24. The molecule has 2 rings (SSSR count). The molecule has 0 aliphatic rings. The molecule has 0 aliphatic heterocycles. The second kappa shape index (κ2) is 14.0. The van der Waals surface area contributed by atoms with E-state index in [-0.39, 0.29) is 6.47 Å². The molecule has 1 aromatic carbocycles. The molecule has 1 heterocycles. The second-order valence-electron chi connectivity index (χ2n) is 6.32. The first-order valence-corrected chi connectivity index (χ1v) is 11.0. The number of thiol groups is 1. The Balaban J connectivity index is 0.00000132. The number of allylic oxidation sites excluding steroid dienone is 2. The fourth-order valence-electron chi connectivity index (χ4n) is 2.48. The Morgan fingerprint density at radius 2 is 1.97 bits per heavy atom. The van der Waals surface area contributed by atoms with Crippen LogP contribution in [0.5, 0.6) is 0 Å². The van der Waals surface area contributed by atoms with Gasteiger partial charge in [0, 0.05) is 27.2 Å². The van der Waals surface area contributed by atoms with Gasteiger partial charge in [0.1, 0.15) is 5.76 Å². The molecule has 4 nitrogen and oxygen atoms in total. The molecule has 2 aromatic rings. The van der Waals surface area contributed by atoms with E-state index in [9.17, 15) is 0 Å². The number of hydrogen-bond donors (Lipinski definition) is 3. The Morgan fingerprint density at radius 1 is 1.31 bits per heavy atom. The molecule has 0 aliphatic carbocycles. The number of ether oxygens (including phenoxy) is 1. The van der Waals surface area contributed by atoms with E-state index < -0.39 is 0 Å². The average molecular weight is 434 g/mol. The highest BCUT2D eigenvalue weighted by atomic mass is 32.1. The number of thiophene rings is 1. The van der Waals surface area contributed by atoms with Crippen molar-refractivity contribution in [2.75, 3.05) is 6.61 Å². The molecule has 0 saturated heterocycles. The molecule has 2 N–H and O–H groups in total. The fraction of sp³-hybridized carbons (Fsp3) is 0.348. The summed E-state index contributed by atoms with van der Waals surface area (Å²) in [5.41, 5.74) is 2.36. The maximum atomic E-state index is 8.36. The first-order valence-electron chi connectivity index (χ1n) is 9.69. The van der Waals surface area contributed by atoms with E-state index in [0.717, 1.165) is 29.2 Å². The van der Waals surface area contributed by atoms with Gasteiger partial charge in [0.2, 0.25) is 0 Å². The summed E-state index contributed by atoms with van der Waals surface area (Å²) in [7, 11) is 0. The van der Waals surface area contributed by atoms with Gasteiger partial charge in [-0.25, -0.2) is 0 Å². The van der Waals surface area contributed by atoms with Crippen LogP contribution in [0.3, 0.4) is 0 Å². The maximum Gasteiger partial charge on any atom is 0.290 e. The summed E-state index contributed by atoms with van der Waals surface area (Å²) in [5, 5.41) is 10.4. The zero-order chi connectivity index (χ0) is 21.6. The van der Waals surface area contributed by atoms with Crippen molar-refractivity contribution < 1.29 is 14.6 Å². The van der Waals surface area contributed by atoms with Gasteiger partial charge in [-0.1, -0.05) is 37.3 Å². The Bertz CT molecular complexity index is 795. The normalized spacial score (nSPS) is 12.4. The molecule has 29 heavy (non-hydrogen) atoms. The van der Waals surface area contributed by atoms with Gasteiger partial charge in [-0.15, -0.1) is 24.0 Å². The smallest absolute Gasteiger partial charge is 0.290 e. The quantitative estimate of drug-likeness (QED) is 0.189. The molecular weight excluding hydrogens is 402 g/mol. The number of carbonyl (C=O) groups is 1. The highest BCUT2D eigenvalue weighted by Crippen LogP contribution is 2.34. The maximum absolute atomic E-state index is 8.36. The van der Waals surface area contributed by atoms with E-state index in [1.54, 1.807) is 0 Å². The van der Waals surface area contributed by atoms with Crippen molar-refractivity contribution in [2.24, 2.45) is 0 Å². The van der Waals surface area contributed by atoms with Gasteiger partial charge in [0.15, 0.2) is 0 Å². The minimum atomic E-state index is -0.250. The van der Waals surface area contributed by atoms with Crippen LogP contribution in [0.2, 0.25) is 0 Å². The molecule has 1 aromatic heterocycles. The lowest BCUT2D eigenvalue weighted by molar-refractivity contribution is -0.122. The van der Waals surface area contributed by atoms with E-state index in [1.807, 2.05) is 37.3 Å². The summed E-state index contributed by atoms with van der Waals surface area (Å²) in [6, 6.07) is 11.3. The Kier molecular flexibility index (Phi) is 12.1. The van der Waals surface area contributed by atoms with Gasteiger partial charge in [-0.3, -0.25) is 4.79 Å². The topological polar surface area (TPSA) is 58.6 Å². The third-order valence-electron chi connectivity index (χ3n) is 4.16. The lowest BCUT2D eigenvalue weighted by Gasteiger charge is -2.10. The van der Waals surface area contributed by atoms with Crippen molar-refractivity contribution in [3.8, 4) is 10.4 Å². The van der Waals surface area contributed by atoms with Crippen molar-refractivity contribution in [1.29, 1.82) is 0 Å². The van der Waals surface area contributed by atoms with Crippen LogP contribution in [0, 0.1) is 0 Å². The summed E-state index contributed by atoms with van der Waals surface area (Å²) in [6.07, 6.45) is 7.17. The van der Waals surface area contributed by atoms with E-state index in [1.165, 1.54) is 15.3 Å². The molecule has 0 spiro atoms. The van der Waals surface area contributed by atoms with Crippen LogP contribution in [-0.4, -0.2) is 24.2 Å². The predicted octanol–water partition coefficient (Wildman–Crippen LogP) is 6.25. The van der Waals surface area contributed by atoms with Gasteiger partial charge >= 0.3 is 0 Å². The molecular formula is C23H31NO3S2. The van der Waals surface area contributed by atoms with Crippen LogP contribution >= 0.6 is 24.0 Å². The summed E-state index contributed by atoms with van der Waals surface area (Å²) >= 11 is 6.46. The van der Waals surface area contributed by atoms with Gasteiger partial charge in [0.05, 0.1) is 6.61 Å². The number of rotatable bonds is 9. The van der Waals surface area contributed by atoms with Crippen LogP contribution in [-0.2, 0) is 16.1 Å². The molecule has 6 heteroatoms. The van der Waals surface area contributed by atoms with E-state index >= 15 is 0 Å². The monoisotopic (exact) mass is 433 g/mol. The number of nitrogens with one attached hydrogen (secondary N) is 1. The van der Waals surface area contributed by atoms with Gasteiger partial charge in [-0.05, 0) is 56.5 Å². The molecule has 158 valence electrons. The van der Waals surface area contributed by atoms with Crippen molar-refractivity contribution in [2.45, 2.75) is 51.6 Å². The predicted molar refractivity (Wildman–Crippen MR) is 127 cm³/mol. The van der Waals surface area contributed by atoms with E-state index in [0.29, 0.717) is 12.6 Å². The standard InChI is InChI=1S/C22H29NOS2.CH2O2/c1-5-8-19(24-7-3)13-17-9-11-18(12-10-17)21-14-20(25)22(26-21)15-23-16(4)6-2;2-1-3/h5,8-14,16,23,25H,6-7,15H2,1-4H3;1H,(H,2,3)/b8-5-,19-13+;. The van der Waals surface area contributed by atoms with Crippen molar-refractivity contribution in [3.05, 3.63) is 58.7 Å². The Morgan fingerprint density at radius 3 is 2.52 bits per heavy atom. The second-order valence-corrected chi connectivity index (χ2v) is 7.93. The van der Waals surface area contributed by atoms with Crippen molar-refractivity contribution in [3.63, 3.8) is 0 Å². The zero-order valence-electron chi connectivity index (χ0n) is 17.5. The minimum absolute atomic E-state index is 0.250. The Hall–Kier alpha value is -2.02. The number of hydrogen-bond acceptors (Lipinski definition) is 5. The van der Waals surface area contributed by atoms with Gasteiger partial charge < -0.3 is 15.2 Å². The summed E-state index contributed by atoms with van der Waals surface area (Å²) in [5.74, 6) is 0.884. The largest absolute Gasteiger partial charge is 0.494 e. The van der Waals surface area contributed by atoms with Crippen LogP contribution in [0.15, 0.2) is 53.1 Å². The highest BCUT2D eigenvalue weighted by molar-refractivity contribution is 7.80. The van der Waals surface area contributed by atoms with Crippen LogP contribution < -0.4 is 5.32 Å². The molecule has 1 atom stereocenters.